The maximum atomic E-state index is 13.3. The maximum absolute atomic E-state index is 13.3. The molecule has 0 fully saturated rings. The fourth-order valence-corrected chi connectivity index (χ4v) is 3.38. The third-order valence-corrected chi connectivity index (χ3v) is 4.75. The second-order valence-electron chi connectivity index (χ2n) is 6.41. The summed E-state index contributed by atoms with van der Waals surface area (Å²) in [6, 6.07) is 8.66. The number of aryl methyl sites for hydroxylation is 1. The Morgan fingerprint density at radius 2 is 1.82 bits per heavy atom. The molecule has 144 valence electrons. The predicted octanol–water partition coefficient (Wildman–Crippen LogP) is 3.05. The molecule has 4 aromatic rings. The molecule has 3 heterocycles. The molecule has 4 rings (SSSR count). The van der Waals surface area contributed by atoms with Crippen molar-refractivity contribution in [2.24, 2.45) is 7.05 Å². The third-order valence-electron chi connectivity index (χ3n) is 4.51. The molecule has 0 saturated carbocycles. The first-order chi connectivity index (χ1) is 12.9. The van der Waals surface area contributed by atoms with Gasteiger partial charge in [0.2, 0.25) is 0 Å². The highest BCUT2D eigenvalue weighted by Gasteiger charge is 2.24. The molecule has 0 aliphatic carbocycles. The number of hydrogen-bond donors (Lipinski definition) is 0. The van der Waals surface area contributed by atoms with E-state index < -0.39 is 0 Å². The fraction of sp³-hybridized carbons (Fsp3) is 0.158. The van der Waals surface area contributed by atoms with E-state index in [2.05, 4.69) is 10.1 Å². The van der Waals surface area contributed by atoms with Crippen LogP contribution in [0.15, 0.2) is 47.5 Å². The number of benzene rings is 1. The van der Waals surface area contributed by atoms with Gasteiger partial charge in [-0.25, -0.2) is 0 Å². The predicted molar refractivity (Wildman–Crippen MR) is 112 cm³/mol. The molecule has 0 aliphatic heterocycles. The van der Waals surface area contributed by atoms with E-state index >= 15 is 0 Å². The summed E-state index contributed by atoms with van der Waals surface area (Å²) in [6.45, 7) is 0. The van der Waals surface area contributed by atoms with Crippen molar-refractivity contribution in [2.75, 3.05) is 14.1 Å². The van der Waals surface area contributed by atoms with Crippen LogP contribution in [0.1, 0.15) is 10.5 Å². The van der Waals surface area contributed by atoms with E-state index in [1.165, 1.54) is 9.58 Å². The highest BCUT2D eigenvalue weighted by Crippen LogP contribution is 2.30. The lowest BCUT2D eigenvalue weighted by molar-refractivity contribution is 0.0822. The Morgan fingerprint density at radius 1 is 1.14 bits per heavy atom. The van der Waals surface area contributed by atoms with Crippen LogP contribution >= 0.6 is 24.0 Å². The van der Waals surface area contributed by atoms with E-state index in [1.807, 2.05) is 6.07 Å². The summed E-state index contributed by atoms with van der Waals surface area (Å²) in [5.41, 5.74) is 1.58. The molecule has 1 aromatic carbocycles. The van der Waals surface area contributed by atoms with Crippen LogP contribution in [0, 0.1) is 0 Å². The van der Waals surface area contributed by atoms with Crippen LogP contribution in [0.4, 0.5) is 0 Å². The van der Waals surface area contributed by atoms with E-state index in [4.69, 9.17) is 11.6 Å². The molecule has 3 aromatic heterocycles. The number of pyridine rings is 1. The van der Waals surface area contributed by atoms with Crippen LogP contribution in [0.3, 0.4) is 0 Å². The number of nitrogens with zero attached hydrogens (tertiary/aromatic N) is 5. The van der Waals surface area contributed by atoms with Crippen molar-refractivity contribution < 1.29 is 4.79 Å². The van der Waals surface area contributed by atoms with Crippen molar-refractivity contribution in [3.63, 3.8) is 0 Å². The lowest BCUT2D eigenvalue weighted by Gasteiger charge is -2.13. The second-order valence-corrected chi connectivity index (χ2v) is 6.85. The van der Waals surface area contributed by atoms with E-state index in [9.17, 15) is 9.59 Å². The van der Waals surface area contributed by atoms with E-state index in [0.717, 1.165) is 10.9 Å². The van der Waals surface area contributed by atoms with Crippen LogP contribution in [0.2, 0.25) is 5.02 Å². The average molecular weight is 418 g/mol. The molecule has 0 radical (unpaired) electrons. The zero-order valence-electron chi connectivity index (χ0n) is 15.4. The van der Waals surface area contributed by atoms with Crippen molar-refractivity contribution in [2.45, 2.75) is 0 Å². The quantitative estimate of drug-likeness (QED) is 0.502. The largest absolute Gasteiger partial charge is 0.343 e. The summed E-state index contributed by atoms with van der Waals surface area (Å²) in [7, 11) is 5.09. The summed E-state index contributed by atoms with van der Waals surface area (Å²) in [5, 5.41) is 6.25. The zero-order valence-corrected chi connectivity index (χ0v) is 17.0. The first-order valence-corrected chi connectivity index (χ1v) is 8.61. The van der Waals surface area contributed by atoms with Gasteiger partial charge in [0.25, 0.3) is 11.5 Å². The molecule has 1 amide bonds. The Morgan fingerprint density at radius 3 is 2.46 bits per heavy atom. The van der Waals surface area contributed by atoms with Gasteiger partial charge >= 0.3 is 0 Å². The van der Waals surface area contributed by atoms with Crippen molar-refractivity contribution >= 4 is 51.7 Å². The van der Waals surface area contributed by atoms with Crippen LogP contribution in [-0.4, -0.2) is 44.2 Å². The number of carbonyl (C=O) groups excluding carboxylic acids is 1. The number of fused-ring (bicyclic) bond motifs is 3. The minimum Gasteiger partial charge on any atom is -0.343 e. The van der Waals surface area contributed by atoms with E-state index in [-0.39, 0.29) is 29.6 Å². The third kappa shape index (κ3) is 2.93. The molecule has 0 bridgehead atoms. The monoisotopic (exact) mass is 417 g/mol. The molecule has 0 saturated heterocycles. The summed E-state index contributed by atoms with van der Waals surface area (Å²) in [6.07, 6.45) is 3.14. The van der Waals surface area contributed by atoms with E-state index in [1.54, 1.807) is 62.4 Å². The molecule has 0 unspecified atom stereocenters. The molecular weight excluding hydrogens is 401 g/mol. The maximum Gasteiger partial charge on any atom is 0.296 e. The van der Waals surface area contributed by atoms with Crippen LogP contribution < -0.4 is 5.56 Å². The summed E-state index contributed by atoms with van der Waals surface area (Å²) < 4.78 is 2.99. The van der Waals surface area contributed by atoms with Gasteiger partial charge in [0, 0.05) is 49.3 Å². The van der Waals surface area contributed by atoms with Gasteiger partial charge in [-0.3, -0.25) is 14.6 Å². The number of rotatable bonds is 2. The minimum absolute atomic E-state index is 0. The van der Waals surface area contributed by atoms with Gasteiger partial charge in [-0.05, 0) is 24.3 Å². The SMILES string of the molecule is CN(C)C(=O)c1nn(-c2ccncc2)c(=O)c2c1c1ccc(Cl)cc1n2C.Cl. The topological polar surface area (TPSA) is 73.0 Å². The summed E-state index contributed by atoms with van der Waals surface area (Å²) in [5.74, 6) is -0.287. The van der Waals surface area contributed by atoms with Gasteiger partial charge < -0.3 is 9.47 Å². The zero-order chi connectivity index (χ0) is 19.3. The van der Waals surface area contributed by atoms with Gasteiger partial charge in [0.05, 0.1) is 11.2 Å². The molecule has 0 aliphatic rings. The van der Waals surface area contributed by atoms with Crippen molar-refractivity contribution in [3.05, 3.63) is 63.8 Å². The number of amides is 1. The molecule has 9 heteroatoms. The summed E-state index contributed by atoms with van der Waals surface area (Å²) in [4.78, 5) is 31.5. The van der Waals surface area contributed by atoms with Gasteiger partial charge in [-0.15, -0.1) is 12.4 Å². The number of hydrogen-bond acceptors (Lipinski definition) is 4. The number of carbonyl (C=O) groups is 1. The van der Waals surface area contributed by atoms with Gasteiger partial charge in [-0.2, -0.15) is 9.78 Å². The lowest BCUT2D eigenvalue weighted by Crippen LogP contribution is -2.29. The molecule has 0 N–H and O–H groups in total. The Balaban J connectivity index is 0.00000225. The van der Waals surface area contributed by atoms with Gasteiger partial charge in [-0.1, -0.05) is 17.7 Å². The molecule has 0 atom stereocenters. The average Bonchev–Trinajstić information content (AvgIpc) is 2.95. The smallest absolute Gasteiger partial charge is 0.296 e. The molecule has 28 heavy (non-hydrogen) atoms. The Hall–Kier alpha value is -2.90. The van der Waals surface area contributed by atoms with Crippen molar-refractivity contribution in [3.8, 4) is 5.69 Å². The highest BCUT2D eigenvalue weighted by molar-refractivity contribution is 6.31. The number of halogens is 2. The summed E-state index contributed by atoms with van der Waals surface area (Å²) >= 11 is 6.14. The van der Waals surface area contributed by atoms with Gasteiger partial charge in [0.15, 0.2) is 5.69 Å². The first-order valence-electron chi connectivity index (χ1n) is 8.23. The Bertz CT molecular complexity index is 1260. The Kier molecular flexibility index (Phi) is 5.14. The molecule has 7 nitrogen and oxygen atoms in total. The number of aromatic nitrogens is 4. The normalized spacial score (nSPS) is 10.9. The van der Waals surface area contributed by atoms with Gasteiger partial charge in [0.1, 0.15) is 5.52 Å². The van der Waals surface area contributed by atoms with Crippen LogP contribution in [-0.2, 0) is 7.05 Å². The molecular formula is C19H17Cl2N5O2. The van der Waals surface area contributed by atoms with Crippen molar-refractivity contribution in [1.29, 1.82) is 0 Å². The van der Waals surface area contributed by atoms with Crippen LogP contribution in [0.25, 0.3) is 27.5 Å². The second kappa shape index (κ2) is 7.26. The van der Waals surface area contributed by atoms with E-state index in [0.29, 0.717) is 21.6 Å². The van der Waals surface area contributed by atoms with Crippen LogP contribution in [0.5, 0.6) is 0 Å². The van der Waals surface area contributed by atoms with Crippen molar-refractivity contribution in [1.82, 2.24) is 24.2 Å². The fourth-order valence-electron chi connectivity index (χ4n) is 3.22. The lowest BCUT2D eigenvalue weighted by atomic mass is 10.1. The minimum atomic E-state index is -0.318. The highest BCUT2D eigenvalue weighted by atomic mass is 35.5. The molecule has 0 spiro atoms. The first kappa shape index (κ1) is 19.9. The Labute approximate surface area is 171 Å². The standard InChI is InChI=1S/C19H16ClN5O2.ClH/c1-23(2)18(26)16-15-13-5-4-11(20)10-14(13)24(3)17(15)19(27)25(22-16)12-6-8-21-9-7-12;/h4-10H,1-3H3;1H.